The number of carbonyl (C=O) groups excluding carboxylic acids is 1. The maximum atomic E-state index is 12.7. The van der Waals surface area contributed by atoms with E-state index in [1.165, 1.54) is 0 Å². The fourth-order valence-electron chi connectivity index (χ4n) is 4.61. The number of benzene rings is 1. The van der Waals surface area contributed by atoms with Gasteiger partial charge in [-0.3, -0.25) is 4.79 Å². The number of ether oxygens (including phenoxy) is 1. The number of carbonyl (C=O) groups is 1. The number of imidazole rings is 1. The molecule has 2 N–H and O–H groups in total. The van der Waals surface area contributed by atoms with Gasteiger partial charge in [-0.05, 0) is 76.9 Å². The highest BCUT2D eigenvalue weighted by atomic mass is 16.5. The summed E-state index contributed by atoms with van der Waals surface area (Å²) in [5.74, 6) is 0.674. The second-order valence-electron chi connectivity index (χ2n) is 9.48. The van der Waals surface area contributed by atoms with Crippen LogP contribution in [0.2, 0.25) is 0 Å². The molecule has 3 heterocycles. The molecule has 30 heavy (non-hydrogen) atoms. The molecule has 1 fully saturated rings. The molecular weight excluding hydrogens is 376 g/mol. The summed E-state index contributed by atoms with van der Waals surface area (Å²) in [5.41, 5.74) is 2.39. The predicted molar refractivity (Wildman–Crippen MR) is 118 cm³/mol. The normalized spacial score (nSPS) is 18.3. The van der Waals surface area contributed by atoms with Gasteiger partial charge in [0.1, 0.15) is 18.0 Å². The number of nitrogens with one attached hydrogen (secondary N) is 2. The molecular formula is C24H30N4O2. The minimum atomic E-state index is -0.0413. The van der Waals surface area contributed by atoms with Gasteiger partial charge in [0.15, 0.2) is 0 Å². The Morgan fingerprint density at radius 1 is 1.13 bits per heavy atom. The summed E-state index contributed by atoms with van der Waals surface area (Å²) < 4.78 is 7.81. The summed E-state index contributed by atoms with van der Waals surface area (Å²) in [6.07, 6.45) is 5.73. The molecule has 0 atom stereocenters. The topological polar surface area (TPSA) is 67.7 Å². The molecule has 0 spiro atoms. The first kappa shape index (κ1) is 20.4. The zero-order valence-corrected chi connectivity index (χ0v) is 18.1. The van der Waals surface area contributed by atoms with Crippen LogP contribution in [0.3, 0.4) is 0 Å². The Hall–Kier alpha value is -2.86. The quantitative estimate of drug-likeness (QED) is 0.673. The Kier molecular flexibility index (Phi) is 5.28. The van der Waals surface area contributed by atoms with Crippen molar-refractivity contribution in [1.82, 2.24) is 20.0 Å². The summed E-state index contributed by atoms with van der Waals surface area (Å²) in [6.45, 7) is 9.11. The number of pyridine rings is 1. The predicted octanol–water partition coefficient (Wildman–Crippen LogP) is 3.95. The summed E-state index contributed by atoms with van der Waals surface area (Å²) in [6, 6.07) is 13.3. The SMILES string of the molecule is CC1(C)CC(NC(=O)c2ccc(OCc3cn4ccccc4n3)cc2)CC(C)(C)N1. The summed E-state index contributed by atoms with van der Waals surface area (Å²) in [7, 11) is 0. The second kappa shape index (κ2) is 7.76. The van der Waals surface area contributed by atoms with Crippen LogP contribution in [0.1, 0.15) is 56.6 Å². The van der Waals surface area contributed by atoms with E-state index in [4.69, 9.17) is 4.74 Å². The van der Waals surface area contributed by atoms with Crippen LogP contribution >= 0.6 is 0 Å². The van der Waals surface area contributed by atoms with E-state index in [0.717, 1.165) is 24.2 Å². The van der Waals surface area contributed by atoms with Crippen molar-refractivity contribution < 1.29 is 9.53 Å². The summed E-state index contributed by atoms with van der Waals surface area (Å²) in [4.78, 5) is 17.3. The van der Waals surface area contributed by atoms with Crippen molar-refractivity contribution in [1.29, 1.82) is 0 Å². The number of rotatable bonds is 5. The third kappa shape index (κ3) is 4.82. The van der Waals surface area contributed by atoms with E-state index in [2.05, 4.69) is 43.3 Å². The minimum Gasteiger partial charge on any atom is -0.487 e. The maximum absolute atomic E-state index is 12.7. The Morgan fingerprint density at radius 2 is 1.83 bits per heavy atom. The van der Waals surface area contributed by atoms with E-state index in [-0.39, 0.29) is 23.0 Å². The van der Waals surface area contributed by atoms with Crippen molar-refractivity contribution >= 4 is 11.6 Å². The van der Waals surface area contributed by atoms with E-state index in [0.29, 0.717) is 17.9 Å². The molecule has 2 aromatic heterocycles. The lowest BCUT2D eigenvalue weighted by Crippen LogP contribution is -2.62. The number of fused-ring (bicyclic) bond motifs is 1. The first-order chi connectivity index (χ1) is 14.2. The molecule has 4 rings (SSSR count). The highest BCUT2D eigenvalue weighted by Crippen LogP contribution is 2.28. The maximum Gasteiger partial charge on any atom is 0.251 e. The van der Waals surface area contributed by atoms with Crippen molar-refractivity contribution in [2.24, 2.45) is 0 Å². The molecule has 0 radical (unpaired) electrons. The van der Waals surface area contributed by atoms with Crippen molar-refractivity contribution in [3.63, 3.8) is 0 Å². The zero-order valence-electron chi connectivity index (χ0n) is 18.1. The van der Waals surface area contributed by atoms with Gasteiger partial charge in [-0.2, -0.15) is 0 Å². The van der Waals surface area contributed by atoms with Crippen molar-refractivity contribution in [2.45, 2.75) is 64.3 Å². The lowest BCUT2D eigenvalue weighted by Gasteiger charge is -2.46. The first-order valence-electron chi connectivity index (χ1n) is 10.4. The molecule has 0 aliphatic carbocycles. The molecule has 0 unspecified atom stereocenters. The molecule has 6 heteroatoms. The molecule has 0 saturated carbocycles. The van der Waals surface area contributed by atoms with Crippen molar-refractivity contribution in [3.8, 4) is 5.75 Å². The number of aromatic nitrogens is 2. The van der Waals surface area contributed by atoms with Gasteiger partial charge in [-0.15, -0.1) is 0 Å². The van der Waals surface area contributed by atoms with Gasteiger partial charge < -0.3 is 19.8 Å². The number of hydrogen-bond donors (Lipinski definition) is 2. The van der Waals surface area contributed by atoms with Crippen LogP contribution in [0.15, 0.2) is 54.9 Å². The van der Waals surface area contributed by atoms with E-state index < -0.39 is 0 Å². The standard InChI is InChI=1S/C24H30N4O2/c1-23(2)13-18(14-24(3,4)27-23)26-22(29)17-8-10-20(11-9-17)30-16-19-15-28-12-6-5-7-21(28)25-19/h5-12,15,18,27H,13-14,16H2,1-4H3,(H,26,29). The smallest absolute Gasteiger partial charge is 0.251 e. The highest BCUT2D eigenvalue weighted by molar-refractivity contribution is 5.94. The van der Waals surface area contributed by atoms with Gasteiger partial charge >= 0.3 is 0 Å². The van der Waals surface area contributed by atoms with Crippen molar-refractivity contribution in [3.05, 3.63) is 66.1 Å². The Balaban J connectivity index is 1.35. The third-order valence-electron chi connectivity index (χ3n) is 5.44. The molecule has 1 saturated heterocycles. The molecule has 3 aromatic rings. The number of piperidine rings is 1. The van der Waals surface area contributed by atoms with E-state index in [9.17, 15) is 4.79 Å². The second-order valence-corrected chi connectivity index (χ2v) is 9.48. The first-order valence-corrected chi connectivity index (χ1v) is 10.4. The van der Waals surface area contributed by atoms with Crippen LogP contribution in [0.25, 0.3) is 5.65 Å². The molecule has 0 bridgehead atoms. The van der Waals surface area contributed by atoms with E-state index in [1.54, 1.807) is 0 Å². The number of hydrogen-bond acceptors (Lipinski definition) is 4. The van der Waals surface area contributed by atoms with E-state index in [1.807, 2.05) is 59.3 Å². The Morgan fingerprint density at radius 3 is 2.50 bits per heavy atom. The molecule has 158 valence electrons. The fourth-order valence-corrected chi connectivity index (χ4v) is 4.61. The fraction of sp³-hybridized carbons (Fsp3) is 0.417. The van der Waals surface area contributed by atoms with Crippen LogP contribution < -0.4 is 15.4 Å². The van der Waals surface area contributed by atoms with Crippen LogP contribution in [-0.4, -0.2) is 32.4 Å². The number of amides is 1. The molecule has 1 aromatic carbocycles. The summed E-state index contributed by atoms with van der Waals surface area (Å²) >= 11 is 0. The van der Waals surface area contributed by atoms with E-state index >= 15 is 0 Å². The lowest BCUT2D eigenvalue weighted by atomic mass is 9.79. The lowest BCUT2D eigenvalue weighted by molar-refractivity contribution is 0.0873. The highest BCUT2D eigenvalue weighted by Gasteiger charge is 2.38. The summed E-state index contributed by atoms with van der Waals surface area (Å²) in [5, 5.41) is 6.85. The van der Waals surface area contributed by atoms with Crippen LogP contribution in [-0.2, 0) is 6.61 Å². The van der Waals surface area contributed by atoms with Gasteiger partial charge in [0.25, 0.3) is 5.91 Å². The molecule has 1 aliphatic rings. The van der Waals surface area contributed by atoms with Gasteiger partial charge in [0.05, 0.1) is 5.69 Å². The van der Waals surface area contributed by atoms with Crippen LogP contribution in [0.4, 0.5) is 0 Å². The largest absolute Gasteiger partial charge is 0.487 e. The molecule has 1 amide bonds. The minimum absolute atomic E-state index is 0.00465. The Labute approximate surface area is 177 Å². The third-order valence-corrected chi connectivity index (χ3v) is 5.44. The van der Waals surface area contributed by atoms with Crippen LogP contribution in [0, 0.1) is 0 Å². The Bertz CT molecular complexity index is 988. The average molecular weight is 407 g/mol. The zero-order chi connectivity index (χ0) is 21.4. The molecule has 6 nitrogen and oxygen atoms in total. The van der Waals surface area contributed by atoms with Crippen LogP contribution in [0.5, 0.6) is 5.75 Å². The average Bonchev–Trinajstić information content (AvgIpc) is 3.07. The van der Waals surface area contributed by atoms with Gasteiger partial charge in [0, 0.05) is 35.1 Å². The van der Waals surface area contributed by atoms with Gasteiger partial charge in [-0.1, -0.05) is 6.07 Å². The molecule has 1 aliphatic heterocycles. The monoisotopic (exact) mass is 406 g/mol. The van der Waals surface area contributed by atoms with Gasteiger partial charge in [0.2, 0.25) is 0 Å². The van der Waals surface area contributed by atoms with Crippen molar-refractivity contribution in [2.75, 3.05) is 0 Å². The van der Waals surface area contributed by atoms with Gasteiger partial charge in [-0.25, -0.2) is 4.98 Å². The number of nitrogens with zero attached hydrogens (tertiary/aromatic N) is 2.